The SMILES string of the molecule is Cc1ccccc1CNCCCCCI. The summed E-state index contributed by atoms with van der Waals surface area (Å²) in [5.41, 5.74) is 2.81. The Hall–Kier alpha value is -0.0900. The Labute approximate surface area is 107 Å². The molecule has 0 fully saturated rings. The van der Waals surface area contributed by atoms with Crippen molar-refractivity contribution in [2.45, 2.75) is 32.7 Å². The van der Waals surface area contributed by atoms with E-state index < -0.39 is 0 Å². The molecule has 0 saturated carbocycles. The summed E-state index contributed by atoms with van der Waals surface area (Å²) >= 11 is 2.44. The first-order valence-corrected chi connectivity index (χ1v) is 7.18. The lowest BCUT2D eigenvalue weighted by atomic mass is 10.1. The zero-order chi connectivity index (χ0) is 10.9. The maximum Gasteiger partial charge on any atom is 0.0208 e. The number of rotatable bonds is 7. The number of nitrogens with one attached hydrogen (secondary N) is 1. The van der Waals surface area contributed by atoms with Crippen LogP contribution < -0.4 is 5.32 Å². The molecule has 15 heavy (non-hydrogen) atoms. The lowest BCUT2D eigenvalue weighted by molar-refractivity contribution is 0.619. The van der Waals surface area contributed by atoms with Gasteiger partial charge in [0.15, 0.2) is 0 Å². The average molecular weight is 317 g/mol. The van der Waals surface area contributed by atoms with E-state index in [1.807, 2.05) is 0 Å². The van der Waals surface area contributed by atoms with Crippen LogP contribution in [-0.4, -0.2) is 11.0 Å². The van der Waals surface area contributed by atoms with E-state index in [0.29, 0.717) is 0 Å². The molecule has 1 aromatic carbocycles. The maximum atomic E-state index is 3.50. The first-order valence-electron chi connectivity index (χ1n) is 5.66. The minimum absolute atomic E-state index is 1.01. The van der Waals surface area contributed by atoms with Gasteiger partial charge in [-0.1, -0.05) is 53.3 Å². The van der Waals surface area contributed by atoms with Gasteiger partial charge in [0.05, 0.1) is 0 Å². The van der Waals surface area contributed by atoms with Crippen LogP contribution in [0.3, 0.4) is 0 Å². The minimum atomic E-state index is 1.01. The highest BCUT2D eigenvalue weighted by molar-refractivity contribution is 14.1. The van der Waals surface area contributed by atoms with Crippen LogP contribution in [0.15, 0.2) is 24.3 Å². The van der Waals surface area contributed by atoms with E-state index in [1.165, 1.54) is 34.8 Å². The van der Waals surface area contributed by atoms with Gasteiger partial charge in [0.2, 0.25) is 0 Å². The predicted octanol–water partition coefficient (Wildman–Crippen LogP) is 3.69. The van der Waals surface area contributed by atoms with Crippen LogP contribution in [0.5, 0.6) is 0 Å². The summed E-state index contributed by atoms with van der Waals surface area (Å²) in [4.78, 5) is 0. The number of hydrogen-bond donors (Lipinski definition) is 1. The van der Waals surface area contributed by atoms with E-state index in [4.69, 9.17) is 0 Å². The summed E-state index contributed by atoms with van der Waals surface area (Å²) in [6.45, 7) is 4.33. The van der Waals surface area contributed by atoms with Crippen molar-refractivity contribution in [2.24, 2.45) is 0 Å². The van der Waals surface area contributed by atoms with Gasteiger partial charge in [-0.05, 0) is 41.9 Å². The molecule has 0 atom stereocenters. The summed E-state index contributed by atoms with van der Waals surface area (Å²) in [5.74, 6) is 0. The third-order valence-corrected chi connectivity index (χ3v) is 3.33. The summed E-state index contributed by atoms with van der Waals surface area (Å²) in [5, 5.41) is 3.50. The van der Waals surface area contributed by atoms with Crippen LogP contribution in [0.1, 0.15) is 30.4 Å². The smallest absolute Gasteiger partial charge is 0.0208 e. The highest BCUT2D eigenvalue weighted by Crippen LogP contribution is 2.06. The summed E-state index contributed by atoms with van der Waals surface area (Å²) in [6.07, 6.45) is 4.01. The number of unbranched alkanes of at least 4 members (excludes halogenated alkanes) is 2. The van der Waals surface area contributed by atoms with E-state index in [2.05, 4.69) is 59.1 Å². The van der Waals surface area contributed by atoms with Gasteiger partial charge >= 0.3 is 0 Å². The van der Waals surface area contributed by atoms with Gasteiger partial charge in [0.1, 0.15) is 0 Å². The maximum absolute atomic E-state index is 3.50. The Morgan fingerprint density at radius 2 is 1.93 bits per heavy atom. The Balaban J connectivity index is 2.12. The molecular formula is C13H20IN. The van der Waals surface area contributed by atoms with Gasteiger partial charge in [0.25, 0.3) is 0 Å². The van der Waals surface area contributed by atoms with Gasteiger partial charge in [-0.3, -0.25) is 0 Å². The van der Waals surface area contributed by atoms with Gasteiger partial charge in [-0.15, -0.1) is 0 Å². The van der Waals surface area contributed by atoms with Crippen molar-refractivity contribution in [2.75, 3.05) is 11.0 Å². The summed E-state index contributed by atoms with van der Waals surface area (Å²) in [6, 6.07) is 8.58. The van der Waals surface area contributed by atoms with Gasteiger partial charge in [0, 0.05) is 6.54 Å². The van der Waals surface area contributed by atoms with Crippen LogP contribution in [0.2, 0.25) is 0 Å². The molecular weight excluding hydrogens is 297 g/mol. The van der Waals surface area contributed by atoms with E-state index in [9.17, 15) is 0 Å². The average Bonchev–Trinajstić information content (AvgIpc) is 2.25. The topological polar surface area (TPSA) is 12.0 Å². The first kappa shape index (κ1) is 13.0. The molecule has 2 heteroatoms. The van der Waals surface area contributed by atoms with Crippen molar-refractivity contribution >= 4 is 22.6 Å². The van der Waals surface area contributed by atoms with E-state index in [1.54, 1.807) is 0 Å². The monoisotopic (exact) mass is 317 g/mol. The summed E-state index contributed by atoms with van der Waals surface area (Å²) < 4.78 is 1.29. The minimum Gasteiger partial charge on any atom is -0.313 e. The number of halogens is 1. The normalized spacial score (nSPS) is 10.5. The van der Waals surface area contributed by atoms with Crippen molar-refractivity contribution in [1.82, 2.24) is 5.32 Å². The standard InChI is InChI=1S/C13H20IN/c1-12-7-3-4-8-13(12)11-15-10-6-2-5-9-14/h3-4,7-8,15H,2,5-6,9-11H2,1H3. The van der Waals surface area contributed by atoms with Crippen LogP contribution in [-0.2, 0) is 6.54 Å². The van der Waals surface area contributed by atoms with Gasteiger partial charge in [-0.25, -0.2) is 0 Å². The third-order valence-electron chi connectivity index (χ3n) is 2.56. The summed E-state index contributed by atoms with van der Waals surface area (Å²) in [7, 11) is 0. The predicted molar refractivity (Wildman–Crippen MR) is 75.6 cm³/mol. The fourth-order valence-electron chi connectivity index (χ4n) is 1.55. The van der Waals surface area contributed by atoms with Crippen molar-refractivity contribution in [3.05, 3.63) is 35.4 Å². The van der Waals surface area contributed by atoms with E-state index in [0.717, 1.165) is 13.1 Å². The second-order valence-corrected chi connectivity index (χ2v) is 4.93. The van der Waals surface area contributed by atoms with Crippen molar-refractivity contribution < 1.29 is 0 Å². The molecule has 1 nitrogen and oxygen atoms in total. The second kappa shape index (κ2) is 8.11. The highest BCUT2D eigenvalue weighted by atomic mass is 127. The van der Waals surface area contributed by atoms with Gasteiger partial charge in [-0.2, -0.15) is 0 Å². The molecule has 0 bridgehead atoms. The Kier molecular flexibility index (Phi) is 7.01. The third kappa shape index (κ3) is 5.52. The molecule has 0 radical (unpaired) electrons. The fraction of sp³-hybridized carbons (Fsp3) is 0.538. The molecule has 0 aliphatic heterocycles. The molecule has 0 unspecified atom stereocenters. The Morgan fingerprint density at radius 3 is 2.67 bits per heavy atom. The van der Waals surface area contributed by atoms with Crippen LogP contribution in [0.25, 0.3) is 0 Å². The molecule has 0 amide bonds. The lowest BCUT2D eigenvalue weighted by Crippen LogP contribution is -2.15. The van der Waals surface area contributed by atoms with E-state index in [-0.39, 0.29) is 0 Å². The molecule has 0 heterocycles. The molecule has 1 N–H and O–H groups in total. The highest BCUT2D eigenvalue weighted by Gasteiger charge is 1.95. The lowest BCUT2D eigenvalue weighted by Gasteiger charge is -2.07. The number of hydrogen-bond acceptors (Lipinski definition) is 1. The van der Waals surface area contributed by atoms with Crippen LogP contribution in [0, 0.1) is 6.92 Å². The largest absolute Gasteiger partial charge is 0.313 e. The zero-order valence-electron chi connectivity index (χ0n) is 9.43. The molecule has 1 aromatic rings. The number of alkyl halides is 1. The quantitative estimate of drug-likeness (QED) is 0.459. The molecule has 0 spiro atoms. The van der Waals surface area contributed by atoms with Crippen molar-refractivity contribution in [3.63, 3.8) is 0 Å². The van der Waals surface area contributed by atoms with E-state index >= 15 is 0 Å². The number of benzene rings is 1. The molecule has 0 aliphatic carbocycles. The fourth-order valence-corrected chi connectivity index (χ4v) is 2.09. The molecule has 84 valence electrons. The van der Waals surface area contributed by atoms with Crippen molar-refractivity contribution in [3.8, 4) is 0 Å². The zero-order valence-corrected chi connectivity index (χ0v) is 11.6. The van der Waals surface area contributed by atoms with Crippen LogP contribution >= 0.6 is 22.6 Å². The van der Waals surface area contributed by atoms with Crippen LogP contribution in [0.4, 0.5) is 0 Å². The molecule has 0 saturated heterocycles. The Morgan fingerprint density at radius 1 is 1.13 bits per heavy atom. The van der Waals surface area contributed by atoms with Gasteiger partial charge < -0.3 is 5.32 Å². The van der Waals surface area contributed by atoms with Crippen molar-refractivity contribution in [1.29, 1.82) is 0 Å². The second-order valence-electron chi connectivity index (χ2n) is 3.85. The molecule has 0 aromatic heterocycles. The Bertz CT molecular complexity index is 273. The molecule has 0 aliphatic rings. The number of aryl methyl sites for hydroxylation is 1. The molecule has 1 rings (SSSR count). The first-order chi connectivity index (χ1) is 7.34.